The van der Waals surface area contributed by atoms with Crippen LogP contribution < -0.4 is 5.32 Å². The van der Waals surface area contributed by atoms with Gasteiger partial charge in [0, 0.05) is 0 Å². The smallest absolute Gasteiger partial charge is 0.277 e. The second-order valence-electron chi connectivity index (χ2n) is 5.40. The van der Waals surface area contributed by atoms with E-state index in [-0.39, 0.29) is 6.54 Å². The number of carbonyl (C=O) groups is 3. The number of nitrogens with zero attached hydrogens (tertiary/aromatic N) is 1. The molecule has 0 aliphatic carbocycles. The van der Waals surface area contributed by atoms with E-state index in [4.69, 9.17) is 0 Å². The van der Waals surface area contributed by atoms with Crippen LogP contribution in [0.5, 0.6) is 0 Å². The van der Waals surface area contributed by atoms with E-state index in [9.17, 15) is 14.4 Å². The summed E-state index contributed by atoms with van der Waals surface area (Å²) in [7, 11) is 0. The number of amides is 4. The van der Waals surface area contributed by atoms with Crippen molar-refractivity contribution in [3.8, 4) is 0 Å². The molecule has 1 saturated heterocycles. The molecule has 0 aromatic heterocycles. The van der Waals surface area contributed by atoms with Crippen molar-refractivity contribution in [2.24, 2.45) is 5.41 Å². The molecule has 1 heterocycles. The minimum atomic E-state index is -1.21. The maximum Gasteiger partial charge on any atom is 0.331 e. The largest absolute Gasteiger partial charge is 0.331 e. The summed E-state index contributed by atoms with van der Waals surface area (Å²) < 4.78 is 0. The molecule has 1 aromatic rings. The van der Waals surface area contributed by atoms with Crippen molar-refractivity contribution in [3.05, 3.63) is 35.4 Å². The van der Waals surface area contributed by atoms with E-state index in [1.807, 2.05) is 31.2 Å². The Bertz CT molecular complexity index is 578. The number of hydrogen-bond donors (Lipinski definition) is 1. The number of aryl methyl sites for hydroxylation is 1. The molecule has 1 aliphatic rings. The molecule has 0 atom stereocenters. The van der Waals surface area contributed by atoms with Crippen LogP contribution in [0.1, 0.15) is 31.9 Å². The van der Waals surface area contributed by atoms with Gasteiger partial charge in [-0.05, 0) is 31.4 Å². The van der Waals surface area contributed by atoms with Crippen LogP contribution in [0.25, 0.3) is 0 Å². The lowest BCUT2D eigenvalue weighted by atomic mass is 9.88. The molecule has 2 rings (SSSR count). The van der Waals surface area contributed by atoms with E-state index < -0.39 is 23.3 Å². The molecule has 106 valence electrons. The third-order valence-electron chi connectivity index (χ3n) is 3.64. The third-order valence-corrected chi connectivity index (χ3v) is 3.64. The third kappa shape index (κ3) is 2.31. The first-order valence-corrected chi connectivity index (χ1v) is 6.62. The fourth-order valence-electron chi connectivity index (χ4n) is 2.22. The summed E-state index contributed by atoms with van der Waals surface area (Å²) >= 11 is 0. The standard InChI is InChI=1S/C15H18N2O3/c1-4-10-7-5-6-8-11(10)9-17-13(19)15(2,3)12(18)16-14(17)20/h5-8H,4,9H2,1-3H3,(H,16,18,20). The number of hydrogen-bond acceptors (Lipinski definition) is 3. The molecule has 0 bridgehead atoms. The van der Waals surface area contributed by atoms with E-state index in [2.05, 4.69) is 5.32 Å². The molecule has 5 nitrogen and oxygen atoms in total. The molecular formula is C15H18N2O3. The highest BCUT2D eigenvalue weighted by Gasteiger charge is 2.46. The molecule has 1 aromatic carbocycles. The summed E-state index contributed by atoms with van der Waals surface area (Å²) in [6, 6.07) is 7.01. The Hall–Kier alpha value is -2.17. The zero-order valence-electron chi connectivity index (χ0n) is 11.9. The maximum absolute atomic E-state index is 12.3. The first kappa shape index (κ1) is 14.2. The van der Waals surface area contributed by atoms with Crippen LogP contribution in [-0.2, 0) is 22.6 Å². The minimum absolute atomic E-state index is 0.186. The zero-order valence-corrected chi connectivity index (χ0v) is 11.9. The second kappa shape index (κ2) is 5.07. The first-order valence-electron chi connectivity index (χ1n) is 6.62. The molecule has 0 radical (unpaired) electrons. The lowest BCUT2D eigenvalue weighted by Crippen LogP contribution is -2.61. The summed E-state index contributed by atoms with van der Waals surface area (Å²) in [6.07, 6.45) is 0.822. The minimum Gasteiger partial charge on any atom is -0.277 e. The predicted molar refractivity (Wildman–Crippen MR) is 73.7 cm³/mol. The van der Waals surface area contributed by atoms with Crippen molar-refractivity contribution >= 4 is 17.8 Å². The predicted octanol–water partition coefficient (Wildman–Crippen LogP) is 1.85. The number of barbiturate groups is 1. The van der Waals surface area contributed by atoms with Gasteiger partial charge < -0.3 is 0 Å². The molecule has 1 aliphatic heterocycles. The Morgan fingerprint density at radius 3 is 2.30 bits per heavy atom. The molecule has 5 heteroatoms. The van der Waals surface area contributed by atoms with Gasteiger partial charge in [0.2, 0.25) is 11.8 Å². The lowest BCUT2D eigenvalue weighted by Gasteiger charge is -2.34. The van der Waals surface area contributed by atoms with Crippen LogP contribution in [0.4, 0.5) is 4.79 Å². The highest BCUT2D eigenvalue weighted by atomic mass is 16.2. The van der Waals surface area contributed by atoms with E-state index in [1.165, 1.54) is 13.8 Å². The molecule has 0 saturated carbocycles. The van der Waals surface area contributed by atoms with Gasteiger partial charge >= 0.3 is 6.03 Å². The highest BCUT2D eigenvalue weighted by Crippen LogP contribution is 2.25. The van der Waals surface area contributed by atoms with Crippen LogP contribution in [0.15, 0.2) is 24.3 Å². The Labute approximate surface area is 118 Å². The van der Waals surface area contributed by atoms with E-state index in [0.717, 1.165) is 22.4 Å². The maximum atomic E-state index is 12.3. The molecule has 20 heavy (non-hydrogen) atoms. The Kier molecular flexibility index (Phi) is 3.61. The Morgan fingerprint density at radius 1 is 1.10 bits per heavy atom. The number of rotatable bonds is 3. The Balaban J connectivity index is 2.30. The molecule has 1 N–H and O–H groups in total. The average molecular weight is 274 g/mol. The lowest BCUT2D eigenvalue weighted by molar-refractivity contribution is -0.149. The SMILES string of the molecule is CCc1ccccc1CN1C(=O)NC(=O)C(C)(C)C1=O. The number of carbonyl (C=O) groups excluding carboxylic acids is 3. The van der Waals surface area contributed by atoms with E-state index in [1.54, 1.807) is 0 Å². The van der Waals surface area contributed by atoms with Gasteiger partial charge in [-0.3, -0.25) is 19.8 Å². The van der Waals surface area contributed by atoms with Crippen molar-refractivity contribution in [3.63, 3.8) is 0 Å². The van der Waals surface area contributed by atoms with E-state index in [0.29, 0.717) is 0 Å². The van der Waals surface area contributed by atoms with Crippen LogP contribution in [-0.4, -0.2) is 22.7 Å². The van der Waals surface area contributed by atoms with E-state index >= 15 is 0 Å². The summed E-state index contributed by atoms with van der Waals surface area (Å²) in [6.45, 7) is 5.25. The van der Waals surface area contributed by atoms with Crippen molar-refractivity contribution in [1.82, 2.24) is 10.2 Å². The molecule has 0 unspecified atom stereocenters. The van der Waals surface area contributed by atoms with Crippen LogP contribution >= 0.6 is 0 Å². The van der Waals surface area contributed by atoms with Gasteiger partial charge in [0.05, 0.1) is 6.54 Å². The summed E-state index contributed by atoms with van der Waals surface area (Å²) in [5.41, 5.74) is 0.793. The molecule has 1 fully saturated rings. The van der Waals surface area contributed by atoms with Gasteiger partial charge in [0.15, 0.2) is 0 Å². The van der Waals surface area contributed by atoms with Crippen LogP contribution in [0.2, 0.25) is 0 Å². The summed E-state index contributed by atoms with van der Waals surface area (Å²) in [5.74, 6) is -1.01. The van der Waals surface area contributed by atoms with Gasteiger partial charge in [-0.15, -0.1) is 0 Å². The molecular weight excluding hydrogens is 256 g/mol. The van der Waals surface area contributed by atoms with Gasteiger partial charge in [0.1, 0.15) is 5.41 Å². The normalized spacial score (nSPS) is 18.1. The van der Waals surface area contributed by atoms with Crippen LogP contribution in [0, 0.1) is 5.41 Å². The fourth-order valence-corrected chi connectivity index (χ4v) is 2.22. The topological polar surface area (TPSA) is 66.5 Å². The number of benzene rings is 1. The molecule has 0 spiro atoms. The van der Waals surface area contributed by atoms with Gasteiger partial charge in [0.25, 0.3) is 0 Å². The Morgan fingerprint density at radius 2 is 1.70 bits per heavy atom. The van der Waals surface area contributed by atoms with Crippen molar-refractivity contribution < 1.29 is 14.4 Å². The molecule has 4 amide bonds. The van der Waals surface area contributed by atoms with Crippen molar-refractivity contribution in [1.29, 1.82) is 0 Å². The number of urea groups is 1. The fraction of sp³-hybridized carbons (Fsp3) is 0.400. The quantitative estimate of drug-likeness (QED) is 0.855. The second-order valence-corrected chi connectivity index (χ2v) is 5.40. The number of imide groups is 2. The van der Waals surface area contributed by atoms with Gasteiger partial charge in [-0.2, -0.15) is 0 Å². The average Bonchev–Trinajstić information content (AvgIpc) is 2.42. The van der Waals surface area contributed by atoms with Gasteiger partial charge in [-0.1, -0.05) is 31.2 Å². The van der Waals surface area contributed by atoms with Crippen LogP contribution in [0.3, 0.4) is 0 Å². The summed E-state index contributed by atoms with van der Waals surface area (Å²) in [5, 5.41) is 2.24. The monoisotopic (exact) mass is 274 g/mol. The highest BCUT2D eigenvalue weighted by molar-refractivity contribution is 6.18. The number of nitrogens with one attached hydrogen (secondary N) is 1. The van der Waals surface area contributed by atoms with Gasteiger partial charge in [-0.25, -0.2) is 4.79 Å². The first-order chi connectivity index (χ1) is 9.37. The zero-order chi connectivity index (χ0) is 14.9. The van der Waals surface area contributed by atoms with Crippen molar-refractivity contribution in [2.75, 3.05) is 0 Å². The van der Waals surface area contributed by atoms with Crippen molar-refractivity contribution in [2.45, 2.75) is 33.7 Å². The summed E-state index contributed by atoms with van der Waals surface area (Å²) in [4.78, 5) is 37.0.